The van der Waals surface area contributed by atoms with E-state index in [1.54, 1.807) is 24.3 Å². The molecule has 1 saturated carbocycles. The third kappa shape index (κ3) is 3.65. The highest BCUT2D eigenvalue weighted by Crippen LogP contribution is 2.34. The molecule has 1 aromatic carbocycles. The lowest BCUT2D eigenvalue weighted by Gasteiger charge is -2.23. The van der Waals surface area contributed by atoms with Gasteiger partial charge < -0.3 is 20.1 Å². The van der Waals surface area contributed by atoms with E-state index in [9.17, 15) is 4.79 Å². The third-order valence-corrected chi connectivity index (χ3v) is 4.49. The number of nitrogens with zero attached hydrogens (tertiary/aromatic N) is 2. The summed E-state index contributed by atoms with van der Waals surface area (Å²) < 4.78 is 10.6. The topological polar surface area (TPSA) is 85.4 Å². The first-order valence-electron chi connectivity index (χ1n) is 8.57. The summed E-state index contributed by atoms with van der Waals surface area (Å²) >= 11 is 0. The summed E-state index contributed by atoms with van der Waals surface area (Å²) in [4.78, 5) is 20.8. The Bertz CT molecular complexity index is 775. The number of aromatic nitrogens is 2. The average molecular weight is 340 g/mol. The summed E-state index contributed by atoms with van der Waals surface area (Å²) in [5.41, 5.74) is 0.959. The molecule has 0 radical (unpaired) electrons. The first-order chi connectivity index (χ1) is 12.3. The van der Waals surface area contributed by atoms with Gasteiger partial charge in [0.15, 0.2) is 11.5 Å². The monoisotopic (exact) mass is 340 g/mol. The maximum atomic E-state index is 12.5. The minimum atomic E-state index is -0.284. The summed E-state index contributed by atoms with van der Waals surface area (Å²) in [5.74, 6) is 1.71. The molecule has 1 fully saturated rings. The lowest BCUT2D eigenvalue weighted by molar-refractivity contribution is 0.102. The summed E-state index contributed by atoms with van der Waals surface area (Å²) in [5, 5.41) is 6.23. The van der Waals surface area contributed by atoms with Crippen molar-refractivity contribution >= 4 is 17.4 Å². The van der Waals surface area contributed by atoms with Crippen LogP contribution in [0.4, 0.5) is 11.5 Å². The molecule has 0 atom stereocenters. The van der Waals surface area contributed by atoms with E-state index in [2.05, 4.69) is 20.6 Å². The van der Waals surface area contributed by atoms with Crippen molar-refractivity contribution in [2.45, 2.75) is 38.1 Å². The molecule has 2 aromatic rings. The van der Waals surface area contributed by atoms with Gasteiger partial charge in [-0.15, -0.1) is 0 Å². The Balaban J connectivity index is 1.43. The molecule has 1 aromatic heterocycles. The predicted molar refractivity (Wildman–Crippen MR) is 93.0 cm³/mol. The lowest BCUT2D eigenvalue weighted by atomic mass is 9.95. The second kappa shape index (κ2) is 6.96. The van der Waals surface area contributed by atoms with E-state index in [1.807, 2.05) is 0 Å². The largest absolute Gasteiger partial charge is 0.454 e. The van der Waals surface area contributed by atoms with Crippen molar-refractivity contribution in [1.82, 2.24) is 9.97 Å². The number of hydrogen-bond donors (Lipinski definition) is 2. The first kappa shape index (κ1) is 15.7. The Hall–Kier alpha value is -2.83. The lowest BCUT2D eigenvalue weighted by Crippen LogP contribution is -2.23. The molecule has 7 heteroatoms. The Morgan fingerprint density at radius 3 is 2.76 bits per heavy atom. The minimum Gasteiger partial charge on any atom is -0.454 e. The van der Waals surface area contributed by atoms with E-state index in [-0.39, 0.29) is 12.7 Å². The van der Waals surface area contributed by atoms with Gasteiger partial charge in [-0.3, -0.25) is 4.79 Å². The van der Waals surface area contributed by atoms with Gasteiger partial charge in [0.2, 0.25) is 6.79 Å². The fraction of sp³-hybridized carbons (Fsp3) is 0.389. The first-order valence-corrected chi connectivity index (χ1v) is 8.57. The van der Waals surface area contributed by atoms with E-state index in [0.29, 0.717) is 34.7 Å². The zero-order valence-corrected chi connectivity index (χ0v) is 13.8. The van der Waals surface area contributed by atoms with Gasteiger partial charge in [-0.2, -0.15) is 0 Å². The van der Waals surface area contributed by atoms with Crippen LogP contribution in [-0.2, 0) is 0 Å². The van der Waals surface area contributed by atoms with Crippen LogP contribution in [-0.4, -0.2) is 28.7 Å². The van der Waals surface area contributed by atoms with Crippen molar-refractivity contribution in [2.24, 2.45) is 0 Å². The van der Waals surface area contributed by atoms with Crippen LogP contribution in [0.25, 0.3) is 0 Å². The number of carbonyl (C=O) groups excluding carboxylic acids is 1. The molecule has 2 heterocycles. The number of ether oxygens (including phenoxy) is 2. The summed E-state index contributed by atoms with van der Waals surface area (Å²) in [7, 11) is 0. The van der Waals surface area contributed by atoms with Crippen LogP contribution in [0.2, 0.25) is 0 Å². The van der Waals surface area contributed by atoms with Crippen molar-refractivity contribution in [3.8, 4) is 11.5 Å². The fourth-order valence-corrected chi connectivity index (χ4v) is 3.19. The van der Waals surface area contributed by atoms with Gasteiger partial charge in [0.05, 0.1) is 0 Å². The van der Waals surface area contributed by atoms with Crippen LogP contribution in [0.3, 0.4) is 0 Å². The molecule has 25 heavy (non-hydrogen) atoms. The number of rotatable bonds is 4. The van der Waals surface area contributed by atoms with E-state index < -0.39 is 0 Å². The molecule has 2 N–H and O–H groups in total. The van der Waals surface area contributed by atoms with E-state index >= 15 is 0 Å². The number of amides is 1. The second-order valence-corrected chi connectivity index (χ2v) is 6.29. The SMILES string of the molecule is O=C(Nc1ccc2c(c1)OCO2)c1cc(NC2CCCCC2)ncn1. The summed E-state index contributed by atoms with van der Waals surface area (Å²) in [6, 6.07) is 7.40. The molecule has 1 amide bonds. The Morgan fingerprint density at radius 2 is 1.88 bits per heavy atom. The van der Waals surface area contributed by atoms with Crippen LogP contribution in [0.1, 0.15) is 42.6 Å². The molecule has 0 saturated heterocycles. The molecule has 0 bridgehead atoms. The molecule has 1 aliphatic carbocycles. The van der Waals surface area contributed by atoms with Gasteiger partial charge >= 0.3 is 0 Å². The van der Waals surface area contributed by atoms with Crippen molar-refractivity contribution in [3.05, 3.63) is 36.3 Å². The molecule has 7 nitrogen and oxygen atoms in total. The Labute approximate surface area is 145 Å². The molecule has 4 rings (SSSR count). The zero-order valence-electron chi connectivity index (χ0n) is 13.8. The minimum absolute atomic E-state index is 0.203. The van der Waals surface area contributed by atoms with Crippen molar-refractivity contribution in [2.75, 3.05) is 17.4 Å². The Morgan fingerprint density at radius 1 is 1.04 bits per heavy atom. The van der Waals surface area contributed by atoms with Gasteiger partial charge in [-0.1, -0.05) is 19.3 Å². The highest BCUT2D eigenvalue weighted by atomic mass is 16.7. The van der Waals surface area contributed by atoms with Gasteiger partial charge in [-0.25, -0.2) is 9.97 Å². The number of anilines is 2. The van der Waals surface area contributed by atoms with Crippen LogP contribution in [0, 0.1) is 0 Å². The summed E-state index contributed by atoms with van der Waals surface area (Å²) in [6.45, 7) is 0.203. The van der Waals surface area contributed by atoms with Crippen LogP contribution in [0.5, 0.6) is 11.5 Å². The van der Waals surface area contributed by atoms with E-state index in [1.165, 1.54) is 25.6 Å². The van der Waals surface area contributed by atoms with E-state index in [4.69, 9.17) is 9.47 Å². The van der Waals surface area contributed by atoms with Crippen LogP contribution >= 0.6 is 0 Å². The van der Waals surface area contributed by atoms with Crippen molar-refractivity contribution in [1.29, 1.82) is 0 Å². The number of hydrogen-bond acceptors (Lipinski definition) is 6. The van der Waals surface area contributed by atoms with Crippen LogP contribution < -0.4 is 20.1 Å². The number of fused-ring (bicyclic) bond motifs is 1. The molecule has 130 valence electrons. The zero-order chi connectivity index (χ0) is 17.1. The van der Waals surface area contributed by atoms with Gasteiger partial charge in [-0.05, 0) is 25.0 Å². The summed E-state index contributed by atoms with van der Waals surface area (Å²) in [6.07, 6.45) is 7.47. The van der Waals surface area contributed by atoms with Gasteiger partial charge in [0.1, 0.15) is 17.8 Å². The second-order valence-electron chi connectivity index (χ2n) is 6.29. The maximum Gasteiger partial charge on any atom is 0.274 e. The fourth-order valence-electron chi connectivity index (χ4n) is 3.19. The van der Waals surface area contributed by atoms with Crippen LogP contribution in [0.15, 0.2) is 30.6 Å². The normalized spacial score (nSPS) is 16.5. The predicted octanol–water partition coefficient (Wildman–Crippen LogP) is 3.20. The smallest absolute Gasteiger partial charge is 0.274 e. The standard InChI is InChI=1S/C18H20N4O3/c23-18(22-13-6-7-15-16(8-13)25-11-24-15)14-9-17(20-10-19-14)21-12-4-2-1-3-5-12/h6-10,12H,1-5,11H2,(H,22,23)(H,19,20,21). The maximum absolute atomic E-state index is 12.5. The number of benzene rings is 1. The third-order valence-electron chi connectivity index (χ3n) is 4.49. The quantitative estimate of drug-likeness (QED) is 0.889. The molecule has 2 aliphatic rings. The molecule has 0 unspecified atom stereocenters. The van der Waals surface area contributed by atoms with Crippen molar-refractivity contribution < 1.29 is 14.3 Å². The van der Waals surface area contributed by atoms with E-state index in [0.717, 1.165) is 12.8 Å². The molecule has 0 spiro atoms. The highest BCUT2D eigenvalue weighted by molar-refractivity contribution is 6.03. The Kier molecular flexibility index (Phi) is 4.37. The molecular formula is C18H20N4O3. The molecule has 1 aliphatic heterocycles. The average Bonchev–Trinajstić information content (AvgIpc) is 3.10. The number of nitrogens with one attached hydrogen (secondary N) is 2. The number of carbonyl (C=O) groups is 1. The highest BCUT2D eigenvalue weighted by Gasteiger charge is 2.17. The molecular weight excluding hydrogens is 320 g/mol. The van der Waals surface area contributed by atoms with Gasteiger partial charge in [0, 0.05) is 23.9 Å². The van der Waals surface area contributed by atoms with Gasteiger partial charge in [0.25, 0.3) is 5.91 Å². The van der Waals surface area contributed by atoms with Crippen molar-refractivity contribution in [3.63, 3.8) is 0 Å².